The minimum atomic E-state index is -0.519. The molecule has 3 nitrogen and oxygen atoms in total. The van der Waals surface area contributed by atoms with Gasteiger partial charge in [-0.2, -0.15) is 0 Å². The highest BCUT2D eigenvalue weighted by Gasteiger charge is 2.11. The van der Waals surface area contributed by atoms with Crippen LogP contribution >= 0.6 is 22.9 Å². The van der Waals surface area contributed by atoms with E-state index in [1.165, 1.54) is 18.2 Å². The van der Waals surface area contributed by atoms with Crippen molar-refractivity contribution in [1.82, 2.24) is 5.32 Å². The average Bonchev–Trinajstić information content (AvgIpc) is 2.94. The second kappa shape index (κ2) is 6.72. The number of benzene rings is 1. The third-order valence-electron chi connectivity index (χ3n) is 2.61. The van der Waals surface area contributed by atoms with Crippen molar-refractivity contribution in [2.24, 2.45) is 0 Å². The van der Waals surface area contributed by atoms with Gasteiger partial charge >= 0.3 is 0 Å². The molecule has 106 valence electrons. The molecule has 2 rings (SSSR count). The summed E-state index contributed by atoms with van der Waals surface area (Å²) in [5.41, 5.74) is 0. The molecule has 0 aliphatic heterocycles. The number of ether oxygens (including phenoxy) is 1. The summed E-state index contributed by atoms with van der Waals surface area (Å²) in [5, 5.41) is 4.74. The second-order valence-corrected chi connectivity index (χ2v) is 5.56. The molecule has 1 atom stereocenters. The van der Waals surface area contributed by atoms with Crippen LogP contribution in [0.5, 0.6) is 5.75 Å². The van der Waals surface area contributed by atoms with E-state index < -0.39 is 5.82 Å². The molecule has 0 spiro atoms. The summed E-state index contributed by atoms with van der Waals surface area (Å²) in [6.45, 7) is 1.76. The van der Waals surface area contributed by atoms with Gasteiger partial charge in [-0.25, -0.2) is 4.39 Å². The van der Waals surface area contributed by atoms with Crippen molar-refractivity contribution < 1.29 is 13.9 Å². The molecule has 20 heavy (non-hydrogen) atoms. The fourth-order valence-corrected chi connectivity index (χ4v) is 2.51. The zero-order valence-corrected chi connectivity index (χ0v) is 12.3. The number of carbonyl (C=O) groups is 1. The molecule has 0 aliphatic rings. The van der Waals surface area contributed by atoms with Gasteiger partial charge < -0.3 is 10.1 Å². The maximum absolute atomic E-state index is 13.0. The van der Waals surface area contributed by atoms with Gasteiger partial charge in [0.25, 0.3) is 5.91 Å². The molecular formula is C14H13ClFNO2S. The monoisotopic (exact) mass is 313 g/mol. The number of carbonyl (C=O) groups excluding carboxylic acids is 1. The molecule has 2 aromatic rings. The van der Waals surface area contributed by atoms with E-state index in [0.717, 1.165) is 4.88 Å². The number of hydrogen-bond donors (Lipinski definition) is 1. The van der Waals surface area contributed by atoms with Crippen molar-refractivity contribution in [1.29, 1.82) is 0 Å². The lowest BCUT2D eigenvalue weighted by atomic mass is 10.3. The third kappa shape index (κ3) is 3.95. The molecule has 0 saturated carbocycles. The van der Waals surface area contributed by atoms with Crippen LogP contribution in [0.25, 0.3) is 0 Å². The Morgan fingerprint density at radius 1 is 1.50 bits per heavy atom. The molecule has 0 fully saturated rings. The standard InChI is InChI=1S/C14H13ClFNO2S/c1-9(13-3-2-6-20-13)17-14(18)8-19-10-4-5-12(16)11(15)7-10/h2-7,9H,8H2,1H3,(H,17,18)/t9-/m0/s1. The van der Waals surface area contributed by atoms with E-state index in [0.29, 0.717) is 5.75 Å². The lowest BCUT2D eigenvalue weighted by molar-refractivity contribution is -0.123. The Labute approximate surface area is 125 Å². The Morgan fingerprint density at radius 3 is 2.95 bits per heavy atom. The minimum Gasteiger partial charge on any atom is -0.484 e. The quantitative estimate of drug-likeness (QED) is 0.912. The maximum atomic E-state index is 13.0. The SMILES string of the molecule is C[C@H](NC(=O)COc1ccc(F)c(Cl)c1)c1cccs1. The summed E-state index contributed by atoms with van der Waals surface area (Å²) in [5.74, 6) is -0.406. The van der Waals surface area contributed by atoms with Gasteiger partial charge in [-0.1, -0.05) is 17.7 Å². The van der Waals surface area contributed by atoms with Crippen LogP contribution < -0.4 is 10.1 Å². The van der Waals surface area contributed by atoms with E-state index in [4.69, 9.17) is 16.3 Å². The van der Waals surface area contributed by atoms with Gasteiger partial charge in [-0.3, -0.25) is 4.79 Å². The van der Waals surface area contributed by atoms with Gasteiger partial charge in [0.1, 0.15) is 11.6 Å². The van der Waals surface area contributed by atoms with Crippen LogP contribution in [0.1, 0.15) is 17.8 Å². The van der Waals surface area contributed by atoms with Crippen LogP contribution in [0.3, 0.4) is 0 Å². The number of nitrogens with one attached hydrogen (secondary N) is 1. The van der Waals surface area contributed by atoms with E-state index in [-0.39, 0.29) is 23.6 Å². The van der Waals surface area contributed by atoms with Crippen molar-refractivity contribution in [3.8, 4) is 5.75 Å². The predicted octanol–water partition coefficient (Wildman–Crippen LogP) is 3.80. The van der Waals surface area contributed by atoms with Crippen molar-refractivity contribution in [2.45, 2.75) is 13.0 Å². The van der Waals surface area contributed by atoms with Crippen molar-refractivity contribution >= 4 is 28.8 Å². The number of rotatable bonds is 5. The van der Waals surface area contributed by atoms with Gasteiger partial charge in [-0.15, -0.1) is 11.3 Å². The molecule has 0 radical (unpaired) electrons. The smallest absolute Gasteiger partial charge is 0.258 e. The van der Waals surface area contributed by atoms with Crippen LogP contribution in [0.4, 0.5) is 4.39 Å². The summed E-state index contributed by atoms with van der Waals surface area (Å²) in [6, 6.07) is 7.78. The van der Waals surface area contributed by atoms with E-state index in [1.807, 2.05) is 24.4 Å². The molecule has 0 aliphatic carbocycles. The highest BCUT2D eigenvalue weighted by molar-refractivity contribution is 7.10. The molecular weight excluding hydrogens is 301 g/mol. The van der Waals surface area contributed by atoms with Crippen LogP contribution in [0.2, 0.25) is 5.02 Å². The first kappa shape index (κ1) is 14.8. The molecule has 0 unspecified atom stereocenters. The van der Waals surface area contributed by atoms with Gasteiger partial charge in [0, 0.05) is 10.9 Å². The summed E-state index contributed by atoms with van der Waals surface area (Å²) in [7, 11) is 0. The molecule has 1 N–H and O–H groups in total. The molecule has 1 aromatic heterocycles. The lowest BCUT2D eigenvalue weighted by Crippen LogP contribution is -2.30. The van der Waals surface area contributed by atoms with Crippen molar-refractivity contribution in [3.63, 3.8) is 0 Å². The Morgan fingerprint density at radius 2 is 2.30 bits per heavy atom. The average molecular weight is 314 g/mol. The summed E-state index contributed by atoms with van der Waals surface area (Å²) >= 11 is 7.20. The van der Waals surface area contributed by atoms with Gasteiger partial charge in [-0.05, 0) is 30.5 Å². The zero-order chi connectivity index (χ0) is 14.5. The highest BCUT2D eigenvalue weighted by Crippen LogP contribution is 2.21. The van der Waals surface area contributed by atoms with Gasteiger partial charge in [0.15, 0.2) is 6.61 Å². The number of thiophene rings is 1. The molecule has 0 saturated heterocycles. The van der Waals surface area contributed by atoms with Crippen molar-refractivity contribution in [2.75, 3.05) is 6.61 Å². The van der Waals surface area contributed by atoms with E-state index in [9.17, 15) is 9.18 Å². The first-order valence-corrected chi connectivity index (χ1v) is 7.22. The maximum Gasteiger partial charge on any atom is 0.258 e. The van der Waals surface area contributed by atoms with E-state index in [1.54, 1.807) is 11.3 Å². The molecule has 6 heteroatoms. The Balaban J connectivity index is 1.84. The van der Waals surface area contributed by atoms with Crippen LogP contribution in [-0.4, -0.2) is 12.5 Å². The topological polar surface area (TPSA) is 38.3 Å². The van der Waals surface area contributed by atoms with E-state index in [2.05, 4.69) is 5.32 Å². The zero-order valence-electron chi connectivity index (χ0n) is 10.7. The van der Waals surface area contributed by atoms with Crippen molar-refractivity contribution in [3.05, 3.63) is 51.4 Å². The number of amides is 1. The van der Waals surface area contributed by atoms with Gasteiger partial charge in [0.05, 0.1) is 11.1 Å². The Hall–Kier alpha value is -1.59. The fourth-order valence-electron chi connectivity index (χ4n) is 1.61. The summed E-state index contributed by atoms with van der Waals surface area (Å²) in [4.78, 5) is 12.8. The van der Waals surface area contributed by atoms with Crippen LogP contribution in [-0.2, 0) is 4.79 Å². The summed E-state index contributed by atoms with van der Waals surface area (Å²) in [6.07, 6.45) is 0. The fraction of sp³-hybridized carbons (Fsp3) is 0.214. The first-order valence-electron chi connectivity index (χ1n) is 5.97. The van der Waals surface area contributed by atoms with E-state index >= 15 is 0 Å². The minimum absolute atomic E-state index is 0.0325. The molecule has 1 amide bonds. The molecule has 0 bridgehead atoms. The molecule has 1 heterocycles. The molecule has 1 aromatic carbocycles. The van der Waals surface area contributed by atoms with Crippen LogP contribution in [0, 0.1) is 5.82 Å². The van der Waals surface area contributed by atoms with Crippen LogP contribution in [0.15, 0.2) is 35.7 Å². The second-order valence-electron chi connectivity index (χ2n) is 4.17. The first-order chi connectivity index (χ1) is 9.56. The van der Waals surface area contributed by atoms with Gasteiger partial charge in [0.2, 0.25) is 0 Å². The third-order valence-corrected chi connectivity index (χ3v) is 3.95. The summed E-state index contributed by atoms with van der Waals surface area (Å²) < 4.78 is 18.2. The Bertz CT molecular complexity index is 589. The normalized spacial score (nSPS) is 11.9. The highest BCUT2D eigenvalue weighted by atomic mass is 35.5. The lowest BCUT2D eigenvalue weighted by Gasteiger charge is -2.13. The Kier molecular flexibility index (Phi) is 4.98. The number of hydrogen-bond acceptors (Lipinski definition) is 3. The predicted molar refractivity (Wildman–Crippen MR) is 77.8 cm³/mol. The number of halogens is 2. The largest absolute Gasteiger partial charge is 0.484 e.